The van der Waals surface area contributed by atoms with E-state index in [1.54, 1.807) is 25.3 Å². The summed E-state index contributed by atoms with van der Waals surface area (Å²) < 4.78 is 0. The lowest BCUT2D eigenvalue weighted by molar-refractivity contribution is -0.144. The zero-order valence-corrected chi connectivity index (χ0v) is 11.9. The molecule has 2 amide bonds. The lowest BCUT2D eigenvalue weighted by Gasteiger charge is -2.29. The Bertz CT molecular complexity index is 470. The predicted molar refractivity (Wildman–Crippen MR) is 73.1 cm³/mol. The standard InChI is InChI=1S/C13H18N2O3S/c1-13(11(16)17,10-3-4-10)14-12(18)15(2)7-9-5-6-19-8-9/h5-6,8,10H,3-4,7H2,1-2H3,(H,14,18)(H,16,17). The second-order valence-corrected chi connectivity index (χ2v) is 5.98. The molecule has 1 unspecified atom stereocenters. The SMILES string of the molecule is CN(Cc1ccsc1)C(=O)NC(C)(C(=O)O)C1CC1. The summed E-state index contributed by atoms with van der Waals surface area (Å²) in [5.41, 5.74) is -0.105. The van der Waals surface area contributed by atoms with Gasteiger partial charge in [-0.2, -0.15) is 11.3 Å². The lowest BCUT2D eigenvalue weighted by atomic mass is 9.96. The van der Waals surface area contributed by atoms with Gasteiger partial charge in [0.15, 0.2) is 0 Å². The predicted octanol–water partition coefficient (Wildman–Crippen LogP) is 2.14. The minimum absolute atomic E-state index is 0.0449. The van der Waals surface area contributed by atoms with Crippen molar-refractivity contribution in [2.75, 3.05) is 7.05 Å². The highest BCUT2D eigenvalue weighted by molar-refractivity contribution is 7.07. The van der Waals surface area contributed by atoms with Crippen LogP contribution in [0.1, 0.15) is 25.3 Å². The maximum Gasteiger partial charge on any atom is 0.329 e. The highest BCUT2D eigenvalue weighted by Gasteiger charge is 2.48. The summed E-state index contributed by atoms with van der Waals surface area (Å²) >= 11 is 1.57. The van der Waals surface area contributed by atoms with Crippen LogP contribution in [-0.2, 0) is 11.3 Å². The molecule has 1 aliphatic rings. The maximum atomic E-state index is 12.1. The van der Waals surface area contributed by atoms with E-state index in [1.807, 2.05) is 16.8 Å². The van der Waals surface area contributed by atoms with Crippen molar-refractivity contribution >= 4 is 23.3 Å². The Morgan fingerprint density at radius 2 is 2.26 bits per heavy atom. The zero-order chi connectivity index (χ0) is 14.0. The van der Waals surface area contributed by atoms with Crippen molar-refractivity contribution in [2.45, 2.75) is 31.8 Å². The van der Waals surface area contributed by atoms with Crippen molar-refractivity contribution in [1.82, 2.24) is 10.2 Å². The van der Waals surface area contributed by atoms with Crippen LogP contribution < -0.4 is 5.32 Å². The van der Waals surface area contributed by atoms with Crippen LogP contribution in [0.4, 0.5) is 4.79 Å². The molecule has 1 aliphatic carbocycles. The second kappa shape index (κ2) is 5.21. The number of aliphatic carboxylic acids is 1. The van der Waals surface area contributed by atoms with Gasteiger partial charge >= 0.3 is 12.0 Å². The summed E-state index contributed by atoms with van der Waals surface area (Å²) in [6.07, 6.45) is 1.72. The Labute approximate surface area is 116 Å². The van der Waals surface area contributed by atoms with Gasteiger partial charge in [0.25, 0.3) is 0 Å². The molecule has 1 aromatic heterocycles. The number of carbonyl (C=O) groups excluding carboxylic acids is 1. The molecular weight excluding hydrogens is 264 g/mol. The summed E-state index contributed by atoms with van der Waals surface area (Å²) in [4.78, 5) is 24.9. The van der Waals surface area contributed by atoms with Gasteiger partial charge in [-0.1, -0.05) is 0 Å². The quantitative estimate of drug-likeness (QED) is 0.869. The average molecular weight is 282 g/mol. The van der Waals surface area contributed by atoms with Gasteiger partial charge in [0.05, 0.1) is 0 Å². The number of amides is 2. The first-order chi connectivity index (χ1) is 8.93. The van der Waals surface area contributed by atoms with Crippen LogP contribution in [0.15, 0.2) is 16.8 Å². The van der Waals surface area contributed by atoms with Gasteiger partial charge in [-0.25, -0.2) is 9.59 Å². The summed E-state index contributed by atoms with van der Waals surface area (Å²) in [5.74, 6) is -0.921. The molecular formula is C13H18N2O3S. The Balaban J connectivity index is 1.97. The summed E-state index contributed by atoms with van der Waals surface area (Å²) in [6.45, 7) is 2.07. The Morgan fingerprint density at radius 3 is 2.74 bits per heavy atom. The van der Waals surface area contributed by atoms with Crippen molar-refractivity contribution in [1.29, 1.82) is 0 Å². The number of hydrogen-bond donors (Lipinski definition) is 2. The molecule has 1 atom stereocenters. The van der Waals surface area contributed by atoms with Gasteiger partial charge < -0.3 is 15.3 Å². The largest absolute Gasteiger partial charge is 0.480 e. The fraction of sp³-hybridized carbons (Fsp3) is 0.538. The van der Waals surface area contributed by atoms with Gasteiger partial charge in [0.1, 0.15) is 5.54 Å². The molecule has 0 aromatic carbocycles. The molecule has 1 saturated carbocycles. The Kier molecular flexibility index (Phi) is 3.80. The number of carboxylic acids is 1. The second-order valence-electron chi connectivity index (χ2n) is 5.20. The van der Waals surface area contributed by atoms with Crippen LogP contribution in [0.2, 0.25) is 0 Å². The van der Waals surface area contributed by atoms with Crippen LogP contribution in [0.3, 0.4) is 0 Å². The van der Waals surface area contributed by atoms with Gasteiger partial charge in [-0.15, -0.1) is 0 Å². The molecule has 0 bridgehead atoms. The van der Waals surface area contributed by atoms with E-state index in [1.165, 1.54) is 4.90 Å². The van der Waals surface area contributed by atoms with Crippen LogP contribution in [-0.4, -0.2) is 34.6 Å². The third kappa shape index (κ3) is 3.07. The summed E-state index contributed by atoms with van der Waals surface area (Å²) in [6, 6.07) is 1.61. The first-order valence-electron chi connectivity index (χ1n) is 6.21. The minimum atomic E-state index is -1.15. The third-order valence-corrected chi connectivity index (χ3v) is 4.28. The molecule has 5 nitrogen and oxygen atoms in total. The van der Waals surface area contributed by atoms with E-state index in [2.05, 4.69) is 5.32 Å². The third-order valence-electron chi connectivity index (χ3n) is 3.55. The number of urea groups is 1. The van der Waals surface area contributed by atoms with E-state index >= 15 is 0 Å². The minimum Gasteiger partial charge on any atom is -0.480 e. The highest BCUT2D eigenvalue weighted by atomic mass is 32.1. The van der Waals surface area contributed by atoms with Crippen molar-refractivity contribution in [3.8, 4) is 0 Å². The first-order valence-corrected chi connectivity index (χ1v) is 7.15. The molecule has 0 radical (unpaired) electrons. The molecule has 6 heteroatoms. The molecule has 0 saturated heterocycles. The molecule has 19 heavy (non-hydrogen) atoms. The summed E-state index contributed by atoms with van der Waals surface area (Å²) in [7, 11) is 1.67. The number of carboxylic acid groups (broad SMARTS) is 1. The van der Waals surface area contributed by atoms with Crippen molar-refractivity contribution in [3.63, 3.8) is 0 Å². The Morgan fingerprint density at radius 1 is 1.58 bits per heavy atom. The first kappa shape index (κ1) is 13.9. The monoisotopic (exact) mass is 282 g/mol. The van der Waals surface area contributed by atoms with Crippen molar-refractivity contribution in [2.24, 2.45) is 5.92 Å². The smallest absolute Gasteiger partial charge is 0.329 e. The van der Waals surface area contributed by atoms with Gasteiger partial charge in [0, 0.05) is 13.6 Å². The molecule has 1 fully saturated rings. The number of hydrogen-bond acceptors (Lipinski definition) is 3. The number of nitrogens with one attached hydrogen (secondary N) is 1. The molecule has 104 valence electrons. The van der Waals surface area contributed by atoms with Gasteiger partial charge in [-0.05, 0) is 48.1 Å². The van der Waals surface area contributed by atoms with E-state index < -0.39 is 11.5 Å². The fourth-order valence-electron chi connectivity index (χ4n) is 2.04. The zero-order valence-electron chi connectivity index (χ0n) is 11.0. The molecule has 2 N–H and O–H groups in total. The van der Waals surface area contributed by atoms with Crippen molar-refractivity contribution in [3.05, 3.63) is 22.4 Å². The molecule has 1 heterocycles. The average Bonchev–Trinajstić information content (AvgIpc) is 3.09. The fourth-order valence-corrected chi connectivity index (χ4v) is 2.70. The number of nitrogens with zero attached hydrogens (tertiary/aromatic N) is 1. The lowest BCUT2D eigenvalue weighted by Crippen LogP contribution is -2.56. The van der Waals surface area contributed by atoms with Gasteiger partial charge in [-0.3, -0.25) is 0 Å². The number of rotatable bonds is 5. The molecule has 1 aromatic rings. The summed E-state index contributed by atoms with van der Waals surface area (Å²) in [5, 5.41) is 15.9. The molecule has 0 aliphatic heterocycles. The molecule has 0 spiro atoms. The van der Waals surface area contributed by atoms with E-state index in [9.17, 15) is 14.7 Å². The van der Waals surface area contributed by atoms with E-state index in [0.717, 1.165) is 18.4 Å². The topological polar surface area (TPSA) is 69.6 Å². The maximum absolute atomic E-state index is 12.1. The number of carbonyl (C=O) groups is 2. The van der Waals surface area contributed by atoms with E-state index in [0.29, 0.717) is 6.54 Å². The van der Waals surface area contributed by atoms with Crippen LogP contribution >= 0.6 is 11.3 Å². The van der Waals surface area contributed by atoms with Crippen LogP contribution in [0.5, 0.6) is 0 Å². The Hall–Kier alpha value is -1.56. The normalized spacial score (nSPS) is 17.6. The van der Waals surface area contributed by atoms with Crippen LogP contribution in [0.25, 0.3) is 0 Å². The van der Waals surface area contributed by atoms with Crippen molar-refractivity contribution < 1.29 is 14.7 Å². The highest BCUT2D eigenvalue weighted by Crippen LogP contribution is 2.39. The van der Waals surface area contributed by atoms with E-state index in [4.69, 9.17) is 0 Å². The van der Waals surface area contributed by atoms with E-state index in [-0.39, 0.29) is 11.9 Å². The number of thiophene rings is 1. The molecule has 2 rings (SSSR count). The van der Waals surface area contributed by atoms with Gasteiger partial charge in [0.2, 0.25) is 0 Å². The van der Waals surface area contributed by atoms with Crippen LogP contribution in [0, 0.1) is 5.92 Å².